The van der Waals surface area contributed by atoms with Gasteiger partial charge in [-0.2, -0.15) is 0 Å². The summed E-state index contributed by atoms with van der Waals surface area (Å²) in [6, 6.07) is 9.36. The number of halogens is 2. The van der Waals surface area contributed by atoms with Crippen molar-refractivity contribution < 1.29 is 13.9 Å². The van der Waals surface area contributed by atoms with Gasteiger partial charge in [0.05, 0.1) is 17.7 Å². The Kier molecular flexibility index (Phi) is 3.86. The van der Waals surface area contributed by atoms with Crippen molar-refractivity contribution >= 4 is 17.4 Å². The fourth-order valence-electron chi connectivity index (χ4n) is 1.79. The zero-order chi connectivity index (χ0) is 14.0. The summed E-state index contributed by atoms with van der Waals surface area (Å²) in [7, 11) is 1.49. The molecule has 0 saturated carbocycles. The molecular formula is C15H12ClFO2. The summed E-state index contributed by atoms with van der Waals surface area (Å²) >= 11 is 5.96. The zero-order valence-corrected chi connectivity index (χ0v) is 11.3. The van der Waals surface area contributed by atoms with Gasteiger partial charge < -0.3 is 4.74 Å². The molecule has 0 atom stereocenters. The van der Waals surface area contributed by atoms with Crippen molar-refractivity contribution in [3.8, 4) is 5.75 Å². The molecule has 0 radical (unpaired) electrons. The van der Waals surface area contributed by atoms with Gasteiger partial charge in [0.1, 0.15) is 11.6 Å². The van der Waals surface area contributed by atoms with Crippen molar-refractivity contribution in [2.75, 3.05) is 7.11 Å². The van der Waals surface area contributed by atoms with Gasteiger partial charge in [-0.25, -0.2) is 4.39 Å². The first-order chi connectivity index (χ1) is 9.04. The second-order valence-corrected chi connectivity index (χ2v) is 4.52. The van der Waals surface area contributed by atoms with Crippen LogP contribution in [0.5, 0.6) is 5.75 Å². The Balaban J connectivity index is 2.44. The first kappa shape index (κ1) is 13.6. The maximum atomic E-state index is 13.9. The number of ketones is 1. The number of rotatable bonds is 3. The Morgan fingerprint density at radius 3 is 2.63 bits per heavy atom. The maximum absolute atomic E-state index is 13.9. The van der Waals surface area contributed by atoms with E-state index < -0.39 is 11.6 Å². The van der Waals surface area contributed by atoms with Crippen molar-refractivity contribution in [2.45, 2.75) is 6.92 Å². The highest BCUT2D eigenvalue weighted by Crippen LogP contribution is 2.26. The van der Waals surface area contributed by atoms with Crippen LogP contribution in [0.3, 0.4) is 0 Å². The smallest absolute Gasteiger partial charge is 0.196 e. The minimum absolute atomic E-state index is 0.0428. The number of aryl methyl sites for hydroxylation is 1. The fourth-order valence-corrected chi connectivity index (χ4v) is 2.04. The Morgan fingerprint density at radius 2 is 2.00 bits per heavy atom. The molecule has 0 aliphatic heterocycles. The number of hydrogen-bond acceptors (Lipinski definition) is 2. The molecule has 2 aromatic rings. The third-order valence-corrected chi connectivity index (χ3v) is 3.15. The number of hydrogen-bond donors (Lipinski definition) is 0. The lowest BCUT2D eigenvalue weighted by Crippen LogP contribution is -2.05. The molecule has 2 aromatic carbocycles. The van der Waals surface area contributed by atoms with Crippen LogP contribution >= 0.6 is 11.6 Å². The summed E-state index contributed by atoms with van der Waals surface area (Å²) < 4.78 is 18.9. The molecular weight excluding hydrogens is 267 g/mol. The van der Waals surface area contributed by atoms with E-state index >= 15 is 0 Å². The van der Waals surface area contributed by atoms with Crippen molar-refractivity contribution in [3.63, 3.8) is 0 Å². The molecule has 0 saturated heterocycles. The number of benzene rings is 2. The molecule has 2 rings (SSSR count). The summed E-state index contributed by atoms with van der Waals surface area (Å²) in [4.78, 5) is 12.2. The minimum Gasteiger partial charge on any atom is -0.495 e. The summed E-state index contributed by atoms with van der Waals surface area (Å²) in [6.07, 6.45) is 0. The molecule has 0 aliphatic rings. The Morgan fingerprint density at radius 1 is 1.26 bits per heavy atom. The third kappa shape index (κ3) is 2.61. The standard InChI is InChI=1S/C15H12ClFO2/c1-9-4-3-5-11(14(9)17)15(18)10-6-7-13(19-2)12(16)8-10/h3-8H,1-2H3. The number of carbonyl (C=O) groups excluding carboxylic acids is 1. The molecule has 0 spiro atoms. The van der Waals surface area contributed by atoms with E-state index in [9.17, 15) is 9.18 Å². The highest BCUT2D eigenvalue weighted by molar-refractivity contribution is 6.32. The van der Waals surface area contributed by atoms with Crippen LogP contribution in [0, 0.1) is 12.7 Å². The molecule has 98 valence electrons. The zero-order valence-electron chi connectivity index (χ0n) is 10.5. The van der Waals surface area contributed by atoms with Crippen LogP contribution in [-0.2, 0) is 0 Å². The Labute approximate surface area is 115 Å². The van der Waals surface area contributed by atoms with Crippen LogP contribution in [0.15, 0.2) is 36.4 Å². The summed E-state index contributed by atoms with van der Waals surface area (Å²) in [6.45, 7) is 1.62. The monoisotopic (exact) mass is 278 g/mol. The van der Waals surface area contributed by atoms with Gasteiger partial charge >= 0.3 is 0 Å². The van der Waals surface area contributed by atoms with Crippen molar-refractivity contribution in [2.24, 2.45) is 0 Å². The molecule has 0 aromatic heterocycles. The summed E-state index contributed by atoms with van der Waals surface area (Å²) in [5, 5.41) is 0.321. The average Bonchev–Trinajstić information content (AvgIpc) is 2.41. The lowest BCUT2D eigenvalue weighted by atomic mass is 10.0. The molecule has 19 heavy (non-hydrogen) atoms. The highest BCUT2D eigenvalue weighted by Gasteiger charge is 2.16. The molecule has 2 nitrogen and oxygen atoms in total. The molecule has 0 fully saturated rings. The third-order valence-electron chi connectivity index (χ3n) is 2.85. The van der Waals surface area contributed by atoms with Gasteiger partial charge in [0, 0.05) is 5.56 Å². The highest BCUT2D eigenvalue weighted by atomic mass is 35.5. The number of ether oxygens (including phenoxy) is 1. The van der Waals surface area contributed by atoms with Gasteiger partial charge in [0.2, 0.25) is 0 Å². The summed E-state index contributed by atoms with van der Waals surface area (Å²) in [5.41, 5.74) is 0.807. The van der Waals surface area contributed by atoms with Crippen LogP contribution in [0.25, 0.3) is 0 Å². The number of methoxy groups -OCH3 is 1. The lowest BCUT2D eigenvalue weighted by Gasteiger charge is -2.07. The fraction of sp³-hybridized carbons (Fsp3) is 0.133. The molecule has 0 N–H and O–H groups in total. The lowest BCUT2D eigenvalue weighted by molar-refractivity contribution is 0.103. The van der Waals surface area contributed by atoms with Crippen LogP contribution in [-0.4, -0.2) is 12.9 Å². The van der Waals surface area contributed by atoms with Gasteiger partial charge in [0.15, 0.2) is 5.78 Å². The molecule has 4 heteroatoms. The average molecular weight is 279 g/mol. The second kappa shape index (κ2) is 5.41. The molecule has 0 aliphatic carbocycles. The van der Waals surface area contributed by atoms with Gasteiger partial charge in [-0.1, -0.05) is 23.7 Å². The molecule has 0 unspecified atom stereocenters. The largest absolute Gasteiger partial charge is 0.495 e. The Bertz CT molecular complexity index is 638. The number of carbonyl (C=O) groups is 1. The predicted molar refractivity (Wildman–Crippen MR) is 72.6 cm³/mol. The first-order valence-corrected chi connectivity index (χ1v) is 6.05. The van der Waals surface area contributed by atoms with Gasteiger partial charge in [-0.05, 0) is 36.8 Å². The molecule has 0 amide bonds. The van der Waals surface area contributed by atoms with Crippen LogP contribution in [0.1, 0.15) is 21.5 Å². The minimum atomic E-state index is -0.501. The summed E-state index contributed by atoms with van der Waals surface area (Å²) in [5.74, 6) is -0.423. The van der Waals surface area contributed by atoms with E-state index in [2.05, 4.69) is 0 Å². The van der Waals surface area contributed by atoms with Crippen LogP contribution < -0.4 is 4.74 Å². The van der Waals surface area contributed by atoms with E-state index in [0.29, 0.717) is 21.9 Å². The van der Waals surface area contributed by atoms with E-state index in [1.165, 1.54) is 19.2 Å². The van der Waals surface area contributed by atoms with Crippen LogP contribution in [0.2, 0.25) is 5.02 Å². The van der Waals surface area contributed by atoms with Gasteiger partial charge in [-0.3, -0.25) is 4.79 Å². The van der Waals surface area contributed by atoms with Crippen molar-refractivity contribution in [1.29, 1.82) is 0 Å². The van der Waals surface area contributed by atoms with E-state index in [1.54, 1.807) is 31.2 Å². The van der Waals surface area contributed by atoms with E-state index in [1.807, 2.05) is 0 Å². The normalized spacial score (nSPS) is 10.3. The second-order valence-electron chi connectivity index (χ2n) is 4.11. The van der Waals surface area contributed by atoms with E-state index in [-0.39, 0.29) is 5.56 Å². The molecule has 0 heterocycles. The first-order valence-electron chi connectivity index (χ1n) is 5.68. The SMILES string of the molecule is COc1ccc(C(=O)c2cccc(C)c2F)cc1Cl. The van der Waals surface area contributed by atoms with E-state index in [0.717, 1.165) is 0 Å². The van der Waals surface area contributed by atoms with E-state index in [4.69, 9.17) is 16.3 Å². The van der Waals surface area contributed by atoms with Crippen molar-refractivity contribution in [1.82, 2.24) is 0 Å². The van der Waals surface area contributed by atoms with Gasteiger partial charge in [-0.15, -0.1) is 0 Å². The maximum Gasteiger partial charge on any atom is 0.196 e. The molecule has 0 bridgehead atoms. The van der Waals surface area contributed by atoms with Crippen molar-refractivity contribution in [3.05, 3.63) is 63.9 Å². The van der Waals surface area contributed by atoms with Crippen LogP contribution in [0.4, 0.5) is 4.39 Å². The van der Waals surface area contributed by atoms with Gasteiger partial charge in [0.25, 0.3) is 0 Å². The topological polar surface area (TPSA) is 26.3 Å². The quantitative estimate of drug-likeness (QED) is 0.793. The Hall–Kier alpha value is -1.87. The predicted octanol–water partition coefficient (Wildman–Crippen LogP) is 4.03.